The van der Waals surface area contributed by atoms with Crippen molar-refractivity contribution in [2.24, 2.45) is 5.73 Å². The highest BCUT2D eigenvalue weighted by molar-refractivity contribution is 6.10. The number of amides is 1. The Morgan fingerprint density at radius 1 is 0.810 bits per heavy atom. The van der Waals surface area contributed by atoms with E-state index in [0.29, 0.717) is 22.9 Å². The Balaban J connectivity index is 1.27. The van der Waals surface area contributed by atoms with Gasteiger partial charge in [0.25, 0.3) is 5.91 Å². The topological polar surface area (TPSA) is 138 Å². The zero-order valence-electron chi connectivity index (χ0n) is 22.2. The number of nitrogens with two attached hydrogens (primary N) is 1. The number of nitrogens with zero attached hydrogens (tertiary/aromatic N) is 4. The van der Waals surface area contributed by atoms with E-state index in [1.54, 1.807) is 41.2 Å². The maximum atomic E-state index is 12.9. The molecule has 0 radical (unpaired) electrons. The maximum Gasteiger partial charge on any atom is 0.255 e. The Morgan fingerprint density at radius 3 is 2.33 bits per heavy atom. The Kier molecular flexibility index (Phi) is 5.98. The van der Waals surface area contributed by atoms with Crippen molar-refractivity contribution in [3.63, 3.8) is 0 Å². The van der Waals surface area contributed by atoms with Gasteiger partial charge in [0.05, 0.1) is 17.4 Å². The predicted molar refractivity (Wildman–Crippen MR) is 165 cm³/mol. The van der Waals surface area contributed by atoms with Crippen LogP contribution in [0.2, 0.25) is 0 Å². The maximum absolute atomic E-state index is 12.9. The van der Waals surface area contributed by atoms with Crippen LogP contribution in [0.25, 0.3) is 27.5 Å². The van der Waals surface area contributed by atoms with Gasteiger partial charge in [0.15, 0.2) is 11.5 Å². The predicted octanol–water partition coefficient (Wildman–Crippen LogP) is 6.66. The molecule has 0 aliphatic rings. The number of guanidine groups is 1. The van der Waals surface area contributed by atoms with E-state index < -0.39 is 0 Å². The van der Waals surface area contributed by atoms with Crippen LogP contribution in [-0.2, 0) is 0 Å². The molecule has 3 aromatic heterocycles. The fraction of sp³-hybridized carbons (Fsp3) is 0. The summed E-state index contributed by atoms with van der Waals surface area (Å²) in [5.41, 5.74) is 11.1. The van der Waals surface area contributed by atoms with E-state index >= 15 is 0 Å². The van der Waals surface area contributed by atoms with Crippen LogP contribution >= 0.6 is 0 Å². The summed E-state index contributed by atoms with van der Waals surface area (Å²) in [4.78, 5) is 19.6. The number of aromatic nitrogens is 3. The van der Waals surface area contributed by atoms with Crippen LogP contribution in [0, 0.1) is 5.41 Å². The summed E-state index contributed by atoms with van der Waals surface area (Å²) in [6.45, 7) is 0. The highest BCUT2D eigenvalue weighted by Gasteiger charge is 2.22. The number of furan rings is 1. The first kappa shape index (κ1) is 24.9. The Bertz CT molecular complexity index is 2100. The minimum atomic E-state index is -0.260. The van der Waals surface area contributed by atoms with E-state index in [-0.39, 0.29) is 11.9 Å². The lowest BCUT2D eigenvalue weighted by atomic mass is 10.1. The van der Waals surface area contributed by atoms with Gasteiger partial charge in [-0.05, 0) is 72.8 Å². The quantitative estimate of drug-likeness (QED) is 0.134. The fourth-order valence-electron chi connectivity index (χ4n) is 5.02. The molecular weight excluding hydrogens is 528 g/mol. The van der Waals surface area contributed by atoms with Crippen LogP contribution < -0.4 is 21.3 Å². The van der Waals surface area contributed by atoms with Gasteiger partial charge in [-0.2, -0.15) is 9.61 Å². The number of carbonyl (C=O) groups is 1. The average Bonchev–Trinajstić information content (AvgIpc) is 3.64. The first-order chi connectivity index (χ1) is 20.5. The van der Waals surface area contributed by atoms with Gasteiger partial charge in [0, 0.05) is 39.6 Å². The number of fused-ring (bicyclic) bond motifs is 4. The number of anilines is 5. The summed E-state index contributed by atoms with van der Waals surface area (Å²) in [5, 5.41) is 19.5. The number of carbonyl (C=O) groups excluding carboxylic acids is 1. The summed E-state index contributed by atoms with van der Waals surface area (Å²) in [6.07, 6.45) is 3.49. The molecule has 3 heterocycles. The van der Waals surface area contributed by atoms with Crippen LogP contribution in [-0.4, -0.2) is 26.5 Å². The smallest absolute Gasteiger partial charge is 0.255 e. The molecule has 7 rings (SSSR count). The molecule has 0 spiro atoms. The van der Waals surface area contributed by atoms with Gasteiger partial charge < -0.3 is 20.8 Å². The fourth-order valence-corrected chi connectivity index (χ4v) is 5.02. The van der Waals surface area contributed by atoms with E-state index in [0.717, 1.165) is 38.8 Å². The minimum absolute atomic E-state index is 0.170. The van der Waals surface area contributed by atoms with Gasteiger partial charge in [-0.3, -0.25) is 15.1 Å². The van der Waals surface area contributed by atoms with Crippen molar-refractivity contribution >= 4 is 68.0 Å². The van der Waals surface area contributed by atoms with E-state index in [1.165, 1.54) is 0 Å². The zero-order valence-corrected chi connectivity index (χ0v) is 22.2. The summed E-state index contributed by atoms with van der Waals surface area (Å²) in [5.74, 6) is 0.155. The normalized spacial score (nSPS) is 11.1. The van der Waals surface area contributed by atoms with Crippen molar-refractivity contribution in [2.45, 2.75) is 0 Å². The third kappa shape index (κ3) is 4.42. The van der Waals surface area contributed by atoms with Crippen LogP contribution in [0.3, 0.4) is 0 Å². The molecule has 0 bridgehead atoms. The van der Waals surface area contributed by atoms with Crippen molar-refractivity contribution in [2.75, 3.05) is 15.5 Å². The van der Waals surface area contributed by atoms with Gasteiger partial charge in [0.1, 0.15) is 5.58 Å². The van der Waals surface area contributed by atoms with Crippen LogP contribution in [0.4, 0.5) is 28.7 Å². The molecule has 0 aliphatic heterocycles. The number of hydrogen-bond donors (Lipinski definition) is 4. The monoisotopic (exact) mass is 552 g/mol. The Labute approximate surface area is 239 Å². The molecule has 7 aromatic rings. The molecule has 5 N–H and O–H groups in total. The lowest BCUT2D eigenvalue weighted by molar-refractivity contribution is 0.102. The molecule has 0 atom stereocenters. The SMILES string of the molecule is N=C(N)Nc1ccc(C(=O)Nc2ccc(N(c3cccc4c3oc3ccccc34)c3nccc4ccnn34)cc2)cc1. The zero-order chi connectivity index (χ0) is 28.6. The summed E-state index contributed by atoms with van der Waals surface area (Å²) in [7, 11) is 0. The van der Waals surface area contributed by atoms with E-state index in [2.05, 4.69) is 15.7 Å². The molecule has 0 aliphatic carbocycles. The number of benzene rings is 4. The van der Waals surface area contributed by atoms with E-state index in [9.17, 15) is 4.79 Å². The van der Waals surface area contributed by atoms with Gasteiger partial charge in [-0.15, -0.1) is 0 Å². The average molecular weight is 553 g/mol. The van der Waals surface area contributed by atoms with E-state index in [4.69, 9.17) is 20.5 Å². The minimum Gasteiger partial charge on any atom is -0.454 e. The van der Waals surface area contributed by atoms with Crippen LogP contribution in [0.5, 0.6) is 0 Å². The molecule has 10 heteroatoms. The first-order valence-electron chi connectivity index (χ1n) is 13.2. The lowest BCUT2D eigenvalue weighted by Gasteiger charge is -2.24. The molecular formula is C32H24N8O2. The number of para-hydroxylation sites is 2. The van der Waals surface area contributed by atoms with Gasteiger partial charge in [-0.25, -0.2) is 4.98 Å². The first-order valence-corrected chi connectivity index (χ1v) is 13.2. The third-order valence-corrected chi connectivity index (χ3v) is 6.93. The summed E-state index contributed by atoms with van der Waals surface area (Å²) < 4.78 is 8.16. The molecule has 0 fully saturated rings. The van der Waals surface area contributed by atoms with Crippen molar-refractivity contribution in [3.05, 3.63) is 121 Å². The van der Waals surface area contributed by atoms with Gasteiger partial charge in [0.2, 0.25) is 5.95 Å². The molecule has 4 aromatic carbocycles. The van der Waals surface area contributed by atoms with Gasteiger partial charge >= 0.3 is 0 Å². The van der Waals surface area contributed by atoms with E-state index in [1.807, 2.05) is 83.8 Å². The Morgan fingerprint density at radius 2 is 1.52 bits per heavy atom. The standard InChI is InChI=1S/C32H24N8O2/c33-31(34)38-22-10-8-20(9-11-22)30(41)37-21-12-14-23(15-13-21)39(32-35-18-16-24-17-19-36-40(24)32)27-6-3-5-26-25-4-1-2-7-28(25)42-29(26)27/h1-19H,(H,37,41)(H4,33,34,38). The summed E-state index contributed by atoms with van der Waals surface area (Å²) >= 11 is 0. The molecule has 204 valence electrons. The number of hydrogen-bond acceptors (Lipinski definition) is 6. The second-order valence-corrected chi connectivity index (χ2v) is 9.62. The molecule has 42 heavy (non-hydrogen) atoms. The van der Waals surface area contributed by atoms with Crippen LogP contribution in [0.15, 0.2) is 120 Å². The third-order valence-electron chi connectivity index (χ3n) is 6.93. The number of rotatable bonds is 6. The lowest BCUT2D eigenvalue weighted by Crippen LogP contribution is -2.20. The van der Waals surface area contributed by atoms with Crippen molar-refractivity contribution in [3.8, 4) is 0 Å². The second kappa shape index (κ2) is 10.1. The molecule has 0 unspecified atom stereocenters. The second-order valence-electron chi connectivity index (χ2n) is 9.62. The molecule has 10 nitrogen and oxygen atoms in total. The summed E-state index contributed by atoms with van der Waals surface area (Å²) in [6, 6.07) is 32.1. The van der Waals surface area contributed by atoms with Crippen LogP contribution in [0.1, 0.15) is 10.4 Å². The molecule has 0 saturated heterocycles. The molecule has 1 amide bonds. The highest BCUT2D eigenvalue weighted by Crippen LogP contribution is 2.41. The molecule has 0 saturated carbocycles. The highest BCUT2D eigenvalue weighted by atomic mass is 16.3. The largest absolute Gasteiger partial charge is 0.454 e. The van der Waals surface area contributed by atoms with Gasteiger partial charge in [-0.1, -0.05) is 30.3 Å². The Hall–Kier alpha value is -6.16. The van der Waals surface area contributed by atoms with Crippen molar-refractivity contribution < 1.29 is 9.21 Å². The number of nitrogens with one attached hydrogen (secondary N) is 3. The van der Waals surface area contributed by atoms with Crippen molar-refractivity contribution in [1.82, 2.24) is 14.6 Å². The van der Waals surface area contributed by atoms with Crippen molar-refractivity contribution in [1.29, 1.82) is 5.41 Å².